The first-order chi connectivity index (χ1) is 9.52. The van der Waals surface area contributed by atoms with Crippen LogP contribution in [-0.4, -0.2) is 11.5 Å². The summed E-state index contributed by atoms with van der Waals surface area (Å²) in [5.74, 6) is -0.242. The molecule has 1 heterocycles. The molecule has 2 aromatic rings. The summed E-state index contributed by atoms with van der Waals surface area (Å²) in [6.07, 6.45) is 1.09. The van der Waals surface area contributed by atoms with E-state index in [9.17, 15) is 4.39 Å². The molecule has 0 aliphatic carbocycles. The molecule has 108 valence electrons. The van der Waals surface area contributed by atoms with E-state index >= 15 is 0 Å². The fraction of sp³-hybridized carbons (Fsp3) is 0.400. The number of benzene rings is 1. The third kappa shape index (κ3) is 3.45. The highest BCUT2D eigenvalue weighted by Gasteiger charge is 2.16. The summed E-state index contributed by atoms with van der Waals surface area (Å²) in [4.78, 5) is 5.70. The van der Waals surface area contributed by atoms with E-state index in [1.165, 1.54) is 10.9 Å². The lowest BCUT2D eigenvalue weighted by Crippen LogP contribution is -2.18. The Balaban J connectivity index is 2.30. The van der Waals surface area contributed by atoms with Gasteiger partial charge < -0.3 is 5.32 Å². The summed E-state index contributed by atoms with van der Waals surface area (Å²) in [6.45, 7) is 7.22. The van der Waals surface area contributed by atoms with Gasteiger partial charge in [-0.3, -0.25) is 0 Å². The van der Waals surface area contributed by atoms with Crippen molar-refractivity contribution in [1.29, 1.82) is 0 Å². The van der Waals surface area contributed by atoms with Crippen molar-refractivity contribution in [3.8, 4) is 10.6 Å². The Morgan fingerprint density at radius 1 is 1.45 bits per heavy atom. The van der Waals surface area contributed by atoms with Crippen LogP contribution in [-0.2, 0) is 0 Å². The first kappa shape index (κ1) is 15.6. The van der Waals surface area contributed by atoms with Crippen molar-refractivity contribution in [2.75, 3.05) is 6.54 Å². The smallest absolute Gasteiger partial charge is 0.134 e. The molecule has 0 amide bonds. The van der Waals surface area contributed by atoms with Crippen molar-refractivity contribution in [2.24, 2.45) is 0 Å². The number of hydrogen-bond acceptors (Lipinski definition) is 3. The molecule has 2 nitrogen and oxygen atoms in total. The van der Waals surface area contributed by atoms with E-state index in [0.29, 0.717) is 5.56 Å². The van der Waals surface area contributed by atoms with Gasteiger partial charge in [-0.1, -0.05) is 22.9 Å². The van der Waals surface area contributed by atoms with E-state index < -0.39 is 0 Å². The van der Waals surface area contributed by atoms with Gasteiger partial charge in [-0.05, 0) is 45.0 Å². The van der Waals surface area contributed by atoms with Crippen molar-refractivity contribution < 1.29 is 4.39 Å². The number of rotatable bonds is 5. The molecule has 0 aliphatic heterocycles. The number of aryl methyl sites for hydroxylation is 1. The first-order valence-electron chi connectivity index (χ1n) is 6.69. The number of halogens is 2. The van der Waals surface area contributed by atoms with Crippen molar-refractivity contribution in [3.63, 3.8) is 0 Å². The number of nitrogens with one attached hydrogen (secondary N) is 1. The summed E-state index contributed by atoms with van der Waals surface area (Å²) in [6, 6.07) is 5.34. The lowest BCUT2D eigenvalue weighted by Gasteiger charge is -2.11. The molecule has 0 saturated carbocycles. The fourth-order valence-electron chi connectivity index (χ4n) is 2.04. The van der Waals surface area contributed by atoms with E-state index in [1.54, 1.807) is 17.4 Å². The standard InChI is InChI=1S/C15H18BrFN2S/c1-4-7-18-9(2)14-10(3)19-15(20-14)12-6-5-11(16)8-13(12)17/h5-6,8-9,18H,4,7H2,1-3H3. The van der Waals surface area contributed by atoms with Gasteiger partial charge in [-0.15, -0.1) is 11.3 Å². The average molecular weight is 357 g/mol. The zero-order valence-corrected chi connectivity index (χ0v) is 14.2. The summed E-state index contributed by atoms with van der Waals surface area (Å²) in [7, 11) is 0. The normalized spacial score (nSPS) is 12.7. The van der Waals surface area contributed by atoms with E-state index in [4.69, 9.17) is 0 Å². The van der Waals surface area contributed by atoms with Gasteiger partial charge in [-0.2, -0.15) is 0 Å². The molecule has 0 bridgehead atoms. The molecule has 0 fully saturated rings. The van der Waals surface area contributed by atoms with Crippen LogP contribution in [0.15, 0.2) is 22.7 Å². The average Bonchev–Trinajstić information content (AvgIpc) is 2.78. The third-order valence-corrected chi connectivity index (χ3v) is 4.95. The van der Waals surface area contributed by atoms with Crippen LogP contribution in [0.5, 0.6) is 0 Å². The van der Waals surface area contributed by atoms with Crippen molar-refractivity contribution in [1.82, 2.24) is 10.3 Å². The minimum absolute atomic E-state index is 0.242. The van der Waals surface area contributed by atoms with E-state index in [-0.39, 0.29) is 11.9 Å². The van der Waals surface area contributed by atoms with Crippen LogP contribution >= 0.6 is 27.3 Å². The summed E-state index contributed by atoms with van der Waals surface area (Å²) in [5.41, 5.74) is 1.54. The third-order valence-electron chi connectivity index (χ3n) is 3.09. The van der Waals surface area contributed by atoms with Crippen LogP contribution in [0.4, 0.5) is 4.39 Å². The van der Waals surface area contributed by atoms with Crippen molar-refractivity contribution >= 4 is 27.3 Å². The quantitative estimate of drug-likeness (QED) is 0.807. The molecular weight excluding hydrogens is 339 g/mol. The van der Waals surface area contributed by atoms with E-state index in [0.717, 1.165) is 28.1 Å². The molecule has 1 unspecified atom stereocenters. The highest BCUT2D eigenvalue weighted by molar-refractivity contribution is 9.10. The number of nitrogens with zero attached hydrogens (tertiary/aromatic N) is 1. The van der Waals surface area contributed by atoms with Crippen LogP contribution in [0, 0.1) is 12.7 Å². The Morgan fingerprint density at radius 2 is 2.20 bits per heavy atom. The Hall–Kier alpha value is -0.780. The lowest BCUT2D eigenvalue weighted by molar-refractivity contribution is 0.575. The van der Waals surface area contributed by atoms with Crippen LogP contribution in [0.3, 0.4) is 0 Å². The maximum atomic E-state index is 14.0. The van der Waals surface area contributed by atoms with Gasteiger partial charge >= 0.3 is 0 Å². The van der Waals surface area contributed by atoms with Crippen LogP contribution in [0.2, 0.25) is 0 Å². The summed E-state index contributed by atoms with van der Waals surface area (Å²) < 4.78 is 14.7. The van der Waals surface area contributed by atoms with Crippen LogP contribution in [0.25, 0.3) is 10.6 Å². The highest BCUT2D eigenvalue weighted by atomic mass is 79.9. The van der Waals surface area contributed by atoms with Crippen LogP contribution in [0.1, 0.15) is 36.9 Å². The Morgan fingerprint density at radius 3 is 2.85 bits per heavy atom. The molecule has 0 saturated heterocycles. The maximum absolute atomic E-state index is 14.0. The van der Waals surface area contributed by atoms with Gasteiger partial charge in [0, 0.05) is 21.0 Å². The van der Waals surface area contributed by atoms with Gasteiger partial charge in [-0.25, -0.2) is 9.37 Å². The molecule has 1 N–H and O–H groups in total. The lowest BCUT2D eigenvalue weighted by atomic mass is 10.2. The molecular formula is C15H18BrFN2S. The minimum atomic E-state index is -0.242. The van der Waals surface area contributed by atoms with Gasteiger partial charge in [0.1, 0.15) is 10.8 Å². The number of aromatic nitrogens is 1. The van der Waals surface area contributed by atoms with E-state index in [1.807, 2.05) is 13.0 Å². The molecule has 0 aliphatic rings. The predicted octanol–water partition coefficient (Wildman–Crippen LogP) is 5.08. The SMILES string of the molecule is CCCNC(C)c1sc(-c2ccc(Br)cc2F)nc1C. The number of hydrogen-bond donors (Lipinski definition) is 1. The zero-order chi connectivity index (χ0) is 14.7. The van der Waals surface area contributed by atoms with Crippen LogP contribution < -0.4 is 5.32 Å². The molecule has 1 atom stereocenters. The van der Waals surface area contributed by atoms with Crippen molar-refractivity contribution in [2.45, 2.75) is 33.2 Å². The molecule has 1 aromatic carbocycles. The second kappa shape index (κ2) is 6.78. The Labute approximate surface area is 131 Å². The Kier molecular flexibility index (Phi) is 5.29. The van der Waals surface area contributed by atoms with Crippen molar-refractivity contribution in [3.05, 3.63) is 39.1 Å². The molecule has 0 radical (unpaired) electrons. The monoisotopic (exact) mass is 356 g/mol. The molecule has 0 spiro atoms. The molecule has 2 rings (SSSR count). The summed E-state index contributed by atoms with van der Waals surface area (Å²) in [5, 5.41) is 4.19. The summed E-state index contributed by atoms with van der Waals surface area (Å²) >= 11 is 4.84. The zero-order valence-electron chi connectivity index (χ0n) is 11.8. The van der Waals surface area contributed by atoms with Gasteiger partial charge in [0.2, 0.25) is 0 Å². The predicted molar refractivity (Wildman–Crippen MR) is 86.7 cm³/mol. The molecule has 5 heteroatoms. The van der Waals surface area contributed by atoms with Gasteiger partial charge in [0.15, 0.2) is 0 Å². The second-order valence-corrected chi connectivity index (χ2v) is 6.71. The maximum Gasteiger partial charge on any atom is 0.134 e. The van der Waals surface area contributed by atoms with Gasteiger partial charge in [0.05, 0.1) is 5.69 Å². The molecule has 1 aromatic heterocycles. The van der Waals surface area contributed by atoms with E-state index in [2.05, 4.69) is 40.1 Å². The number of thiazole rings is 1. The fourth-order valence-corrected chi connectivity index (χ4v) is 3.49. The largest absolute Gasteiger partial charge is 0.309 e. The Bertz CT molecular complexity index is 598. The minimum Gasteiger partial charge on any atom is -0.309 e. The topological polar surface area (TPSA) is 24.9 Å². The second-order valence-electron chi connectivity index (χ2n) is 4.77. The van der Waals surface area contributed by atoms with Gasteiger partial charge in [0.25, 0.3) is 0 Å². The molecule has 20 heavy (non-hydrogen) atoms. The highest BCUT2D eigenvalue weighted by Crippen LogP contribution is 2.33. The first-order valence-corrected chi connectivity index (χ1v) is 8.30.